The second-order valence-electron chi connectivity index (χ2n) is 19.8. The van der Waals surface area contributed by atoms with Gasteiger partial charge in [-0.2, -0.15) is 0 Å². The Kier molecular flexibility index (Phi) is 17.5. The first kappa shape index (κ1) is 51.4. The van der Waals surface area contributed by atoms with Crippen LogP contribution in [0.2, 0.25) is 0 Å². The molecule has 3 amide bonds. The Morgan fingerprint density at radius 2 is 1.25 bits per heavy atom. The smallest absolute Gasteiger partial charge is 0.326 e. The van der Waals surface area contributed by atoms with E-state index >= 15 is 0 Å². The third-order valence-corrected chi connectivity index (χ3v) is 12.3. The summed E-state index contributed by atoms with van der Waals surface area (Å²) in [6.45, 7) is 30.0. The quantitative estimate of drug-likeness (QED) is 0.101. The Labute approximate surface area is 397 Å². The highest BCUT2D eigenvalue weighted by molar-refractivity contribution is 6.03. The SMILES string of the molecule is C=C1NC(C)(C)CCC1C(C)C.CC(C)C1Nc2ccccc2NC1=O.CC(C)N1Cc2ccccc2NC1=O.CC(C)c1cc2ccccc2[nH]c1=O.CC(C)n1c(=O)[nH]c2ccccc21. The van der Waals surface area contributed by atoms with Crippen molar-refractivity contribution < 1.29 is 9.59 Å². The number of anilines is 3. The minimum absolute atomic E-state index is 0.00120. The summed E-state index contributed by atoms with van der Waals surface area (Å²) in [7, 11) is 0. The molecule has 0 saturated carbocycles. The van der Waals surface area contributed by atoms with Gasteiger partial charge >= 0.3 is 11.7 Å². The molecule has 1 saturated heterocycles. The van der Waals surface area contributed by atoms with Crippen LogP contribution in [0.1, 0.15) is 119 Å². The van der Waals surface area contributed by atoms with Crippen molar-refractivity contribution in [1.29, 1.82) is 0 Å². The fraction of sp³-hybridized carbons (Fsp3) is 0.418. The number of carbonyl (C=O) groups excluding carboxylic acids is 2. The van der Waals surface area contributed by atoms with Crippen LogP contribution >= 0.6 is 0 Å². The zero-order valence-corrected chi connectivity index (χ0v) is 41.7. The topological polar surface area (TPSA) is 156 Å². The van der Waals surface area contributed by atoms with E-state index < -0.39 is 0 Å². The molecule has 0 radical (unpaired) electrons. The monoisotopic (exact) mass is 911 g/mol. The van der Waals surface area contributed by atoms with Gasteiger partial charge in [-0.15, -0.1) is 0 Å². The molecule has 0 aliphatic carbocycles. The van der Waals surface area contributed by atoms with Crippen LogP contribution in [0, 0.1) is 17.8 Å². The highest BCUT2D eigenvalue weighted by Crippen LogP contribution is 2.33. The van der Waals surface area contributed by atoms with E-state index in [-0.39, 0.29) is 52.8 Å². The Morgan fingerprint density at radius 1 is 0.657 bits per heavy atom. The minimum Gasteiger partial charge on any atom is -0.384 e. The molecule has 5 heterocycles. The van der Waals surface area contributed by atoms with E-state index in [2.05, 4.69) is 65.5 Å². The molecule has 0 bridgehead atoms. The van der Waals surface area contributed by atoms with Crippen molar-refractivity contribution in [3.05, 3.63) is 147 Å². The average Bonchev–Trinajstić information content (AvgIpc) is 3.61. The summed E-state index contributed by atoms with van der Waals surface area (Å²) in [4.78, 5) is 53.9. The third-order valence-electron chi connectivity index (χ3n) is 12.3. The maximum Gasteiger partial charge on any atom is 0.326 e. The number of rotatable bonds is 5. The van der Waals surface area contributed by atoms with Gasteiger partial charge in [0.15, 0.2) is 0 Å². The highest BCUT2D eigenvalue weighted by Gasteiger charge is 2.30. The zero-order valence-electron chi connectivity index (χ0n) is 41.7. The Balaban J connectivity index is 0.000000157. The number of piperidine rings is 1. The van der Waals surface area contributed by atoms with Crippen LogP contribution in [0.5, 0.6) is 0 Å². The number of hydrogen-bond donors (Lipinski definition) is 6. The molecular weight excluding hydrogens is 837 g/mol. The molecule has 12 nitrogen and oxygen atoms in total. The molecule has 0 spiro atoms. The molecule has 3 aliphatic heterocycles. The molecule has 12 heteroatoms. The lowest BCUT2D eigenvalue weighted by atomic mass is 9.80. The Bertz CT molecular complexity index is 2670. The van der Waals surface area contributed by atoms with Gasteiger partial charge in [0.05, 0.1) is 22.4 Å². The van der Waals surface area contributed by atoms with E-state index in [0.29, 0.717) is 18.4 Å². The summed E-state index contributed by atoms with van der Waals surface area (Å²) in [5.41, 5.74) is 9.13. The highest BCUT2D eigenvalue weighted by atomic mass is 16.2. The van der Waals surface area contributed by atoms with Gasteiger partial charge in [-0.1, -0.05) is 109 Å². The van der Waals surface area contributed by atoms with Crippen LogP contribution < -0.4 is 32.5 Å². The van der Waals surface area contributed by atoms with Crippen molar-refractivity contribution in [2.24, 2.45) is 17.8 Å². The Hall–Kier alpha value is -6.56. The molecule has 6 aromatic rings. The number of hydrogen-bond acceptors (Lipinski definition) is 6. The van der Waals surface area contributed by atoms with Crippen LogP contribution in [0.4, 0.5) is 21.9 Å². The van der Waals surface area contributed by atoms with Crippen LogP contribution in [-0.2, 0) is 11.3 Å². The predicted molar refractivity (Wildman–Crippen MR) is 279 cm³/mol. The number of imidazole rings is 1. The van der Waals surface area contributed by atoms with Crippen molar-refractivity contribution in [3.8, 4) is 0 Å². The van der Waals surface area contributed by atoms with E-state index in [0.717, 1.165) is 50.5 Å². The van der Waals surface area contributed by atoms with Gasteiger partial charge in [0.1, 0.15) is 6.04 Å². The van der Waals surface area contributed by atoms with Crippen molar-refractivity contribution in [3.63, 3.8) is 0 Å². The number of H-pyrrole nitrogens is 2. The lowest BCUT2D eigenvalue weighted by Crippen LogP contribution is -2.45. The maximum atomic E-state index is 11.6. The Morgan fingerprint density at radius 3 is 1.87 bits per heavy atom. The molecule has 2 aromatic heterocycles. The number of nitrogens with zero attached hydrogens (tertiary/aromatic N) is 2. The molecule has 2 atom stereocenters. The number of nitrogens with one attached hydrogen (secondary N) is 6. The van der Waals surface area contributed by atoms with Crippen molar-refractivity contribution in [1.82, 2.24) is 24.8 Å². The van der Waals surface area contributed by atoms with Crippen molar-refractivity contribution in [2.75, 3.05) is 16.0 Å². The molecule has 6 N–H and O–H groups in total. The van der Waals surface area contributed by atoms with Crippen LogP contribution in [0.25, 0.3) is 21.9 Å². The number of amides is 3. The fourth-order valence-corrected chi connectivity index (χ4v) is 8.47. The summed E-state index contributed by atoms with van der Waals surface area (Å²) in [5, 5.41) is 13.6. The normalized spacial score (nSPS) is 17.0. The average molecular weight is 911 g/mol. The van der Waals surface area contributed by atoms with Gasteiger partial charge in [0.25, 0.3) is 5.56 Å². The van der Waals surface area contributed by atoms with Gasteiger partial charge in [-0.05, 0) is 126 Å². The molecule has 3 aliphatic rings. The fourth-order valence-electron chi connectivity index (χ4n) is 8.47. The number of carbonyl (C=O) groups is 2. The largest absolute Gasteiger partial charge is 0.384 e. The first-order valence-corrected chi connectivity index (χ1v) is 23.8. The number of urea groups is 1. The van der Waals surface area contributed by atoms with Gasteiger partial charge in [-0.25, -0.2) is 9.59 Å². The van der Waals surface area contributed by atoms with Crippen LogP contribution in [-0.4, -0.2) is 49.0 Å². The molecule has 67 heavy (non-hydrogen) atoms. The van der Waals surface area contributed by atoms with E-state index in [9.17, 15) is 19.2 Å². The van der Waals surface area contributed by atoms with Crippen molar-refractivity contribution >= 4 is 50.9 Å². The third kappa shape index (κ3) is 13.5. The zero-order chi connectivity index (χ0) is 49.2. The number of allylic oxidation sites excluding steroid dienone is 1. The first-order valence-electron chi connectivity index (χ1n) is 23.8. The lowest BCUT2D eigenvalue weighted by Gasteiger charge is -2.40. The first-order chi connectivity index (χ1) is 31.7. The summed E-state index contributed by atoms with van der Waals surface area (Å²) in [6, 6.07) is 33.5. The molecule has 4 aromatic carbocycles. The minimum atomic E-state index is -0.120. The number of fused-ring (bicyclic) bond motifs is 4. The molecule has 1 fully saturated rings. The van der Waals surface area contributed by atoms with E-state index in [1.54, 1.807) is 4.57 Å². The summed E-state index contributed by atoms with van der Waals surface area (Å²) >= 11 is 0. The lowest BCUT2D eigenvalue weighted by molar-refractivity contribution is -0.117. The molecular formula is C55H74N8O4. The summed E-state index contributed by atoms with van der Waals surface area (Å²) in [5.74, 6) is 2.02. The van der Waals surface area contributed by atoms with Crippen LogP contribution in [0.3, 0.4) is 0 Å². The van der Waals surface area contributed by atoms with Crippen molar-refractivity contribution in [2.45, 2.75) is 132 Å². The number of para-hydroxylation sites is 6. The van der Waals surface area contributed by atoms with Gasteiger partial charge in [-0.3, -0.25) is 14.2 Å². The second-order valence-corrected chi connectivity index (χ2v) is 19.8. The number of aromatic nitrogens is 3. The van der Waals surface area contributed by atoms with E-state index in [1.807, 2.05) is 163 Å². The number of pyridine rings is 1. The number of aromatic amines is 2. The standard InChI is InChI=1S/C12H13NO.2C11H14N2O.C11H21N.C10H12N2O/c1-8(2)10-7-9-5-3-4-6-11(9)13-12(10)14;1-8(2)13-7-9-5-3-4-6-10(9)12-11(13)14;1-7(2)10-11(14)13-9-6-4-3-5-8(9)12-10;1-8(2)10-6-7-11(4,5)12-9(10)3;1-7(2)12-9-6-4-3-5-8(9)11-10(12)13/h3-8H,1-2H3,(H,13,14);3-6,8H,7H2,1-2H3,(H,12,14);3-7,10,12H,1-2H3,(H,13,14);8,10,12H,3,6-7H2,1-2,4-5H3;3-7H,1-2H3,(H,11,13). The van der Waals surface area contributed by atoms with Gasteiger partial charge < -0.3 is 36.1 Å². The van der Waals surface area contributed by atoms with Gasteiger partial charge in [0, 0.05) is 52.5 Å². The summed E-state index contributed by atoms with van der Waals surface area (Å²) < 4.78 is 1.76. The van der Waals surface area contributed by atoms with E-state index in [1.165, 1.54) is 24.1 Å². The molecule has 2 unspecified atom stereocenters. The van der Waals surface area contributed by atoms with Gasteiger partial charge in [0.2, 0.25) is 5.91 Å². The molecule has 358 valence electrons. The maximum absolute atomic E-state index is 11.6. The van der Waals surface area contributed by atoms with Crippen LogP contribution in [0.15, 0.2) is 125 Å². The summed E-state index contributed by atoms with van der Waals surface area (Å²) in [6.07, 6.45) is 2.55. The molecule has 9 rings (SSSR count). The second kappa shape index (κ2) is 22.8. The number of benzene rings is 4. The van der Waals surface area contributed by atoms with E-state index in [4.69, 9.17) is 0 Å². The predicted octanol–water partition coefficient (Wildman–Crippen LogP) is 12.0.